The SMILES string of the molecule is C/C(=N\N=C(/[O-])c1ccccc1O)c1ccc2ccccc2c1.C/C(=N\N=C(/[O-])c1ccccc1O)c1ccc2ccccc2c1.CC#N.[Co+2].c1cnc2c(c1)ccc1cccnc12. The van der Waals surface area contributed by atoms with E-state index in [1.54, 1.807) is 56.6 Å². The Kier molecular flexibility index (Phi) is 16.9. The van der Waals surface area contributed by atoms with E-state index in [1.807, 2.05) is 97.1 Å². The summed E-state index contributed by atoms with van der Waals surface area (Å²) in [5.74, 6) is -1.33. The van der Waals surface area contributed by atoms with E-state index >= 15 is 0 Å². The van der Waals surface area contributed by atoms with Gasteiger partial charge < -0.3 is 20.4 Å². The first-order chi connectivity index (χ1) is 30.7. The van der Waals surface area contributed by atoms with Gasteiger partial charge in [-0.05, 0) is 82.9 Å². The Balaban J connectivity index is 0.000000178. The van der Waals surface area contributed by atoms with E-state index in [0.717, 1.165) is 54.5 Å². The number of aromatic nitrogens is 2. The van der Waals surface area contributed by atoms with Gasteiger partial charge in [-0.15, -0.1) is 0 Å². The Morgan fingerprint density at radius 3 is 1.19 bits per heavy atom. The Morgan fingerprint density at radius 2 is 0.797 bits per heavy atom. The van der Waals surface area contributed by atoms with Crippen molar-refractivity contribution < 1.29 is 37.2 Å². The average molecular weight is 887 g/mol. The molecule has 9 rings (SSSR count). The van der Waals surface area contributed by atoms with Crippen LogP contribution in [0.1, 0.15) is 43.0 Å². The second-order valence-electron chi connectivity index (χ2n) is 13.8. The summed E-state index contributed by atoms with van der Waals surface area (Å²) in [5, 5.41) is 72.8. The molecule has 0 saturated carbocycles. The van der Waals surface area contributed by atoms with E-state index in [1.165, 1.54) is 31.2 Å². The molecule has 1 radical (unpaired) electrons. The summed E-state index contributed by atoms with van der Waals surface area (Å²) >= 11 is 0. The van der Waals surface area contributed by atoms with Gasteiger partial charge in [-0.2, -0.15) is 25.7 Å². The molecule has 0 saturated heterocycles. The Bertz CT molecular complexity index is 2990. The zero-order chi connectivity index (χ0) is 44.6. The van der Waals surface area contributed by atoms with Crippen LogP contribution in [0.3, 0.4) is 0 Å². The van der Waals surface area contributed by atoms with Gasteiger partial charge in [0.15, 0.2) is 0 Å². The first-order valence-corrected chi connectivity index (χ1v) is 19.7. The molecule has 0 aliphatic carbocycles. The third-order valence-corrected chi connectivity index (χ3v) is 9.53. The van der Waals surface area contributed by atoms with Gasteiger partial charge in [0.05, 0.1) is 28.5 Å². The molecule has 2 aromatic heterocycles. The molecule has 2 heterocycles. The molecule has 0 fully saturated rings. The summed E-state index contributed by atoms with van der Waals surface area (Å²) < 4.78 is 0. The smallest absolute Gasteiger partial charge is 0.857 e. The first-order valence-electron chi connectivity index (χ1n) is 19.7. The Hall–Kier alpha value is -8.24. The van der Waals surface area contributed by atoms with Crippen molar-refractivity contribution in [2.75, 3.05) is 0 Å². The quantitative estimate of drug-likeness (QED) is 0.0721. The van der Waals surface area contributed by atoms with Gasteiger partial charge >= 0.3 is 16.8 Å². The van der Waals surface area contributed by atoms with Crippen molar-refractivity contribution in [2.45, 2.75) is 20.8 Å². The number of hydrogen-bond acceptors (Lipinski definition) is 11. The van der Waals surface area contributed by atoms with Gasteiger partial charge in [0.2, 0.25) is 0 Å². The van der Waals surface area contributed by atoms with Crippen LogP contribution < -0.4 is 10.2 Å². The van der Waals surface area contributed by atoms with Crippen LogP contribution in [0.15, 0.2) is 203 Å². The minimum absolute atomic E-state index is 0. The second-order valence-corrected chi connectivity index (χ2v) is 13.8. The van der Waals surface area contributed by atoms with Crippen LogP contribution in [-0.4, -0.2) is 43.4 Å². The molecule has 12 heteroatoms. The van der Waals surface area contributed by atoms with E-state index in [0.29, 0.717) is 11.4 Å². The van der Waals surface area contributed by atoms with Crippen LogP contribution in [-0.2, 0) is 16.8 Å². The zero-order valence-electron chi connectivity index (χ0n) is 35.0. The molecule has 0 spiro atoms. The molecule has 0 aliphatic heterocycles. The van der Waals surface area contributed by atoms with Crippen LogP contribution in [0.5, 0.6) is 11.5 Å². The van der Waals surface area contributed by atoms with Crippen molar-refractivity contribution in [1.29, 1.82) is 5.26 Å². The van der Waals surface area contributed by atoms with Gasteiger partial charge in [0.25, 0.3) is 0 Å². The normalized spacial score (nSPS) is 11.5. The molecule has 11 nitrogen and oxygen atoms in total. The van der Waals surface area contributed by atoms with Gasteiger partial charge in [0, 0.05) is 53.0 Å². The second kappa shape index (κ2) is 23.1. The summed E-state index contributed by atoms with van der Waals surface area (Å²) in [4.78, 5) is 8.69. The summed E-state index contributed by atoms with van der Waals surface area (Å²) in [6.07, 6.45) is 3.60. The van der Waals surface area contributed by atoms with Gasteiger partial charge in [0.1, 0.15) is 11.5 Å². The molecule has 0 atom stereocenters. The third-order valence-electron chi connectivity index (χ3n) is 9.53. The largest absolute Gasteiger partial charge is 2.00 e. The first kappa shape index (κ1) is 46.8. The fourth-order valence-electron chi connectivity index (χ4n) is 6.28. The van der Waals surface area contributed by atoms with Crippen LogP contribution >= 0.6 is 0 Å². The minimum atomic E-state index is -0.566. The van der Waals surface area contributed by atoms with E-state index in [9.17, 15) is 20.4 Å². The van der Waals surface area contributed by atoms with E-state index in [4.69, 9.17) is 5.26 Å². The molecule has 9 aromatic rings. The van der Waals surface area contributed by atoms with Gasteiger partial charge in [-0.3, -0.25) is 9.97 Å². The van der Waals surface area contributed by atoms with Crippen LogP contribution in [0.2, 0.25) is 0 Å². The summed E-state index contributed by atoms with van der Waals surface area (Å²) in [6, 6.07) is 54.4. The number of fused-ring (bicyclic) bond motifs is 5. The number of aromatic hydroxyl groups is 2. The Morgan fingerprint density at radius 1 is 0.469 bits per heavy atom. The van der Waals surface area contributed by atoms with Crippen molar-refractivity contribution in [2.24, 2.45) is 20.4 Å². The van der Waals surface area contributed by atoms with Crippen molar-refractivity contribution in [3.63, 3.8) is 0 Å². The van der Waals surface area contributed by atoms with Crippen LogP contribution in [0.4, 0.5) is 0 Å². The molecule has 2 N–H and O–H groups in total. The topological polar surface area (TPSA) is 186 Å². The number of phenols is 2. The standard InChI is InChI=1S/2C19H16N2O2.C12H8N2.C2H3N.Co/c2*1-13(15-11-10-14-6-2-3-7-16(14)12-15)20-21-19(23)17-8-4-5-9-18(17)22;1-3-9-5-6-10-4-2-8-14-12(10)11(9)13-7-1;1-2-3;/h2*2-12,22H,1H3,(H,21,23);1-8H;1H3;/q;;;;+2/p-2/b2*20-13+;;;. The summed E-state index contributed by atoms with van der Waals surface area (Å²) in [7, 11) is 0. The van der Waals surface area contributed by atoms with Crippen molar-refractivity contribution in [1.82, 2.24) is 9.97 Å². The predicted octanol–water partition coefficient (Wildman–Crippen LogP) is 9.46. The van der Waals surface area contributed by atoms with Crippen molar-refractivity contribution in [3.8, 4) is 17.6 Å². The van der Waals surface area contributed by atoms with Gasteiger partial charge in [-0.25, -0.2) is 0 Å². The zero-order valence-corrected chi connectivity index (χ0v) is 36.0. The van der Waals surface area contributed by atoms with E-state index in [2.05, 4.69) is 54.6 Å². The number of nitrogens with zero attached hydrogens (tertiary/aromatic N) is 7. The maximum Gasteiger partial charge on any atom is 2.00 e. The van der Waals surface area contributed by atoms with Crippen LogP contribution in [0.25, 0.3) is 43.4 Å². The molecule has 317 valence electrons. The van der Waals surface area contributed by atoms with E-state index < -0.39 is 11.8 Å². The van der Waals surface area contributed by atoms with Crippen LogP contribution in [0, 0.1) is 11.3 Å². The van der Waals surface area contributed by atoms with Crippen molar-refractivity contribution >= 4 is 66.6 Å². The average Bonchev–Trinajstić information content (AvgIpc) is 3.33. The number of nitriles is 1. The Labute approximate surface area is 380 Å². The number of pyridine rings is 2. The predicted molar refractivity (Wildman–Crippen MR) is 250 cm³/mol. The molecule has 0 amide bonds. The fraction of sp³-hybridized carbons (Fsp3) is 0.0577. The molecule has 0 unspecified atom stereocenters. The van der Waals surface area contributed by atoms with Gasteiger partial charge in [-0.1, -0.05) is 133 Å². The molecule has 0 aliphatic rings. The number of para-hydroxylation sites is 2. The molecular weight excluding hydrogens is 846 g/mol. The molecule has 64 heavy (non-hydrogen) atoms. The monoisotopic (exact) mass is 886 g/mol. The summed E-state index contributed by atoms with van der Waals surface area (Å²) in [6.45, 7) is 5.03. The number of hydrogen-bond donors (Lipinski definition) is 2. The fourth-order valence-corrected chi connectivity index (χ4v) is 6.28. The maximum atomic E-state index is 12.0. The molecule has 0 bridgehead atoms. The number of benzene rings is 7. The maximum absolute atomic E-state index is 12.0. The number of phenolic OH excluding ortho intramolecular Hbond substituents is 2. The third kappa shape index (κ3) is 12.2. The minimum Gasteiger partial charge on any atom is -0.857 e. The van der Waals surface area contributed by atoms with E-state index in [-0.39, 0.29) is 39.4 Å². The molecular formula is C52H41CoN7O4. The molecule has 7 aromatic carbocycles. The summed E-state index contributed by atoms with van der Waals surface area (Å²) in [5.41, 5.74) is 5.32. The van der Waals surface area contributed by atoms with Crippen molar-refractivity contribution in [3.05, 3.63) is 205 Å². The number of rotatable bonds is 6.